The maximum Gasteiger partial charge on any atom is 0.251 e. The average molecular weight is 300 g/mol. The monoisotopic (exact) mass is 300 g/mol. The van der Waals surface area contributed by atoms with Gasteiger partial charge in [-0.05, 0) is 43.9 Å². The third kappa shape index (κ3) is 2.83. The fraction of sp³-hybridized carbons (Fsp3) is 0.462. The van der Waals surface area contributed by atoms with E-state index in [9.17, 15) is 17.6 Å². The Morgan fingerprint density at radius 1 is 1.45 bits per heavy atom. The molecule has 0 aliphatic heterocycles. The molecule has 1 aromatic rings. The molecule has 1 aliphatic rings. The summed E-state index contributed by atoms with van der Waals surface area (Å²) in [5, 5.41) is 7.81. The van der Waals surface area contributed by atoms with E-state index in [0.717, 1.165) is 37.8 Å². The number of amides is 1. The third-order valence-corrected chi connectivity index (χ3v) is 4.79. The summed E-state index contributed by atoms with van der Waals surface area (Å²) in [6.07, 6.45) is 3.67. The van der Waals surface area contributed by atoms with Crippen LogP contribution in [0, 0.1) is 5.82 Å². The molecule has 7 heteroatoms. The molecule has 0 heterocycles. The highest BCUT2D eigenvalue weighted by Gasteiger charge is 2.36. The van der Waals surface area contributed by atoms with Crippen LogP contribution in [0.1, 0.15) is 43.0 Å². The number of hydrogen-bond donors (Lipinski definition) is 2. The fourth-order valence-corrected chi connectivity index (χ4v) is 2.98. The molecule has 2 rings (SSSR count). The van der Waals surface area contributed by atoms with Crippen LogP contribution in [0.3, 0.4) is 0 Å². The largest absolute Gasteiger partial charge is 0.347 e. The highest BCUT2D eigenvalue weighted by atomic mass is 32.2. The van der Waals surface area contributed by atoms with Gasteiger partial charge >= 0.3 is 0 Å². The lowest BCUT2D eigenvalue weighted by molar-refractivity contribution is 0.0820. The van der Waals surface area contributed by atoms with Crippen molar-refractivity contribution in [2.45, 2.75) is 43.0 Å². The van der Waals surface area contributed by atoms with E-state index in [2.05, 4.69) is 5.32 Å². The van der Waals surface area contributed by atoms with Crippen LogP contribution in [-0.2, 0) is 10.0 Å². The van der Waals surface area contributed by atoms with E-state index < -0.39 is 26.6 Å². The number of carbonyl (C=O) groups is 1. The SMILES string of the molecule is CCC1(NC(=O)c2ccc(F)c(S(N)(=O)=O)c2)CCC1. The molecule has 0 unspecified atom stereocenters. The number of primary sulfonamides is 1. The van der Waals surface area contributed by atoms with Crippen LogP contribution >= 0.6 is 0 Å². The first-order valence-electron chi connectivity index (χ1n) is 6.42. The highest BCUT2D eigenvalue weighted by molar-refractivity contribution is 7.89. The van der Waals surface area contributed by atoms with Crippen LogP contribution in [0.5, 0.6) is 0 Å². The van der Waals surface area contributed by atoms with E-state index >= 15 is 0 Å². The van der Waals surface area contributed by atoms with Crippen molar-refractivity contribution in [3.63, 3.8) is 0 Å². The first-order valence-corrected chi connectivity index (χ1v) is 7.97. The van der Waals surface area contributed by atoms with E-state index in [1.54, 1.807) is 0 Å². The van der Waals surface area contributed by atoms with E-state index in [4.69, 9.17) is 5.14 Å². The number of carbonyl (C=O) groups excluding carboxylic acids is 1. The van der Waals surface area contributed by atoms with E-state index in [1.165, 1.54) is 6.07 Å². The van der Waals surface area contributed by atoms with Crippen molar-refractivity contribution >= 4 is 15.9 Å². The maximum absolute atomic E-state index is 13.4. The second-order valence-electron chi connectivity index (χ2n) is 5.13. The summed E-state index contributed by atoms with van der Waals surface area (Å²) in [6, 6.07) is 3.16. The third-order valence-electron chi connectivity index (χ3n) is 3.87. The Morgan fingerprint density at radius 3 is 2.55 bits per heavy atom. The Balaban J connectivity index is 2.27. The zero-order valence-corrected chi connectivity index (χ0v) is 12.0. The molecule has 1 fully saturated rings. The van der Waals surface area contributed by atoms with Gasteiger partial charge in [0.05, 0.1) is 0 Å². The zero-order valence-electron chi connectivity index (χ0n) is 11.1. The molecule has 0 atom stereocenters. The number of halogens is 1. The highest BCUT2D eigenvalue weighted by Crippen LogP contribution is 2.34. The lowest BCUT2D eigenvalue weighted by Crippen LogP contribution is -2.53. The number of hydrogen-bond acceptors (Lipinski definition) is 3. The standard InChI is InChI=1S/C13H17FN2O3S/c1-2-13(6-3-7-13)16-12(17)9-4-5-10(14)11(8-9)20(15,18)19/h4-5,8H,2-3,6-7H2,1H3,(H,16,17)(H2,15,18,19). The number of nitrogens with one attached hydrogen (secondary N) is 1. The van der Waals surface area contributed by atoms with Gasteiger partial charge in [0.1, 0.15) is 10.7 Å². The minimum absolute atomic E-state index is 0.0927. The Kier molecular flexibility index (Phi) is 3.84. The van der Waals surface area contributed by atoms with Crippen molar-refractivity contribution in [1.29, 1.82) is 0 Å². The van der Waals surface area contributed by atoms with Crippen LogP contribution in [0.25, 0.3) is 0 Å². The van der Waals surface area contributed by atoms with E-state index in [-0.39, 0.29) is 11.1 Å². The predicted molar refractivity (Wildman–Crippen MR) is 72.1 cm³/mol. The van der Waals surface area contributed by atoms with Gasteiger partial charge in [0.2, 0.25) is 10.0 Å². The van der Waals surface area contributed by atoms with Gasteiger partial charge in [-0.2, -0.15) is 0 Å². The van der Waals surface area contributed by atoms with Crippen molar-refractivity contribution < 1.29 is 17.6 Å². The lowest BCUT2D eigenvalue weighted by Gasteiger charge is -2.42. The Hall–Kier alpha value is -1.47. The Bertz CT molecular complexity index is 634. The Morgan fingerprint density at radius 2 is 2.10 bits per heavy atom. The molecule has 0 bridgehead atoms. The molecule has 1 aliphatic carbocycles. The van der Waals surface area contributed by atoms with Gasteiger partial charge in [0.15, 0.2) is 0 Å². The van der Waals surface area contributed by atoms with Gasteiger partial charge in [-0.15, -0.1) is 0 Å². The topological polar surface area (TPSA) is 89.3 Å². The molecule has 0 aromatic heterocycles. The predicted octanol–water partition coefficient (Wildman–Crippen LogP) is 1.54. The van der Waals surface area contributed by atoms with E-state index in [0.29, 0.717) is 0 Å². The summed E-state index contributed by atoms with van der Waals surface area (Å²) in [6.45, 7) is 1.99. The Labute approximate surface area is 117 Å². The fourth-order valence-electron chi connectivity index (χ4n) is 2.35. The van der Waals surface area contributed by atoms with Crippen molar-refractivity contribution in [2.75, 3.05) is 0 Å². The summed E-state index contributed by atoms with van der Waals surface area (Å²) in [5.41, 5.74) is -0.122. The van der Waals surface area contributed by atoms with Gasteiger partial charge < -0.3 is 5.32 Å². The van der Waals surface area contributed by atoms with E-state index in [1.807, 2.05) is 6.92 Å². The first kappa shape index (κ1) is 14.9. The first-order chi connectivity index (χ1) is 9.27. The van der Waals surface area contributed by atoms with Crippen LogP contribution in [0.15, 0.2) is 23.1 Å². The molecular weight excluding hydrogens is 283 g/mol. The second-order valence-corrected chi connectivity index (χ2v) is 6.66. The summed E-state index contributed by atoms with van der Waals surface area (Å²) < 4.78 is 35.9. The van der Waals surface area contributed by atoms with Crippen molar-refractivity contribution in [1.82, 2.24) is 5.32 Å². The zero-order chi connectivity index (χ0) is 15.0. The maximum atomic E-state index is 13.4. The van der Waals surface area contributed by atoms with Crippen molar-refractivity contribution in [3.8, 4) is 0 Å². The number of nitrogens with two attached hydrogens (primary N) is 1. The van der Waals surface area contributed by atoms with Gasteiger partial charge in [0.25, 0.3) is 5.91 Å². The van der Waals surface area contributed by atoms with Crippen LogP contribution in [0.4, 0.5) is 4.39 Å². The van der Waals surface area contributed by atoms with Crippen LogP contribution in [-0.4, -0.2) is 19.9 Å². The number of benzene rings is 1. The second kappa shape index (κ2) is 5.14. The lowest BCUT2D eigenvalue weighted by atomic mass is 9.74. The molecule has 3 N–H and O–H groups in total. The van der Waals surface area contributed by atoms with Gasteiger partial charge in [0, 0.05) is 11.1 Å². The summed E-state index contributed by atoms with van der Waals surface area (Å²) in [7, 11) is -4.19. The summed E-state index contributed by atoms with van der Waals surface area (Å²) >= 11 is 0. The minimum Gasteiger partial charge on any atom is -0.347 e. The molecule has 1 aromatic carbocycles. The average Bonchev–Trinajstić information content (AvgIpc) is 2.32. The molecule has 110 valence electrons. The van der Waals surface area contributed by atoms with Crippen molar-refractivity contribution in [2.24, 2.45) is 5.14 Å². The molecule has 0 radical (unpaired) electrons. The van der Waals surface area contributed by atoms with Gasteiger partial charge in [-0.3, -0.25) is 4.79 Å². The summed E-state index contributed by atoms with van der Waals surface area (Å²) in [4.78, 5) is 11.5. The molecule has 20 heavy (non-hydrogen) atoms. The smallest absolute Gasteiger partial charge is 0.251 e. The number of rotatable bonds is 4. The van der Waals surface area contributed by atoms with Gasteiger partial charge in [-0.25, -0.2) is 17.9 Å². The minimum atomic E-state index is -4.19. The molecule has 1 saturated carbocycles. The molecular formula is C13H17FN2O3S. The van der Waals surface area contributed by atoms with Crippen LogP contribution < -0.4 is 10.5 Å². The molecule has 5 nitrogen and oxygen atoms in total. The summed E-state index contributed by atoms with van der Waals surface area (Å²) in [5.74, 6) is -1.37. The van der Waals surface area contributed by atoms with Crippen molar-refractivity contribution in [3.05, 3.63) is 29.6 Å². The molecule has 0 spiro atoms. The normalized spacial score (nSPS) is 17.4. The molecule has 0 saturated heterocycles. The van der Waals surface area contributed by atoms with Crippen LogP contribution in [0.2, 0.25) is 0 Å². The van der Waals surface area contributed by atoms with Gasteiger partial charge in [-0.1, -0.05) is 6.92 Å². The number of sulfonamides is 1. The quantitative estimate of drug-likeness (QED) is 0.883. The molecule has 1 amide bonds.